The highest BCUT2D eigenvalue weighted by Crippen LogP contribution is 2.20. The molecular formula is C10H11ClN4O. The average molecular weight is 239 g/mol. The highest BCUT2D eigenvalue weighted by atomic mass is 35.5. The standard InChI is InChI=1S/C10H11ClN4O/c1-14(2)9(16)6-15-8-3-4-12-10(11)7(8)5-13-15/h3-5H,6H2,1-2H3. The van der Waals surface area contributed by atoms with Crippen molar-refractivity contribution in [3.05, 3.63) is 23.6 Å². The SMILES string of the molecule is CN(C)C(=O)Cn1ncc2c(Cl)nccc21. The largest absolute Gasteiger partial charge is 0.347 e. The van der Waals surface area contributed by atoms with Gasteiger partial charge in [0.2, 0.25) is 5.91 Å². The molecule has 1 amide bonds. The summed E-state index contributed by atoms with van der Waals surface area (Å²) in [5, 5.41) is 5.29. The van der Waals surface area contributed by atoms with E-state index in [-0.39, 0.29) is 12.5 Å². The first kappa shape index (κ1) is 10.9. The Labute approximate surface area is 97.6 Å². The van der Waals surface area contributed by atoms with E-state index in [0.717, 1.165) is 10.9 Å². The molecule has 0 fully saturated rings. The van der Waals surface area contributed by atoms with Gasteiger partial charge in [-0.1, -0.05) is 11.6 Å². The number of aromatic nitrogens is 3. The van der Waals surface area contributed by atoms with E-state index >= 15 is 0 Å². The number of rotatable bonds is 2. The summed E-state index contributed by atoms with van der Waals surface area (Å²) in [6, 6.07) is 1.79. The monoisotopic (exact) mass is 238 g/mol. The lowest BCUT2D eigenvalue weighted by molar-refractivity contribution is -0.129. The van der Waals surface area contributed by atoms with Crippen LogP contribution in [0.15, 0.2) is 18.5 Å². The Bertz CT molecular complexity index is 535. The van der Waals surface area contributed by atoms with Crippen LogP contribution in [0.25, 0.3) is 10.9 Å². The number of amides is 1. The molecule has 0 unspecified atom stereocenters. The predicted octanol–water partition coefficient (Wildman–Crippen LogP) is 1.17. The van der Waals surface area contributed by atoms with Gasteiger partial charge in [-0.15, -0.1) is 0 Å². The summed E-state index contributed by atoms with van der Waals surface area (Å²) in [6.45, 7) is 0.205. The van der Waals surface area contributed by atoms with Gasteiger partial charge in [0.15, 0.2) is 0 Å². The van der Waals surface area contributed by atoms with E-state index in [1.807, 2.05) is 0 Å². The van der Waals surface area contributed by atoms with Gasteiger partial charge in [-0.3, -0.25) is 9.48 Å². The average Bonchev–Trinajstić information content (AvgIpc) is 2.63. The van der Waals surface area contributed by atoms with Crippen molar-refractivity contribution in [1.29, 1.82) is 0 Å². The van der Waals surface area contributed by atoms with E-state index in [4.69, 9.17) is 11.6 Å². The van der Waals surface area contributed by atoms with Crippen LogP contribution in [-0.2, 0) is 11.3 Å². The van der Waals surface area contributed by atoms with E-state index < -0.39 is 0 Å². The Morgan fingerprint density at radius 1 is 1.56 bits per heavy atom. The zero-order valence-corrected chi connectivity index (χ0v) is 9.77. The predicted molar refractivity (Wildman–Crippen MR) is 61.2 cm³/mol. The van der Waals surface area contributed by atoms with Crippen molar-refractivity contribution in [1.82, 2.24) is 19.7 Å². The molecule has 0 atom stereocenters. The molecule has 2 aromatic heterocycles. The normalized spacial score (nSPS) is 10.7. The number of hydrogen-bond donors (Lipinski definition) is 0. The van der Waals surface area contributed by atoms with Gasteiger partial charge < -0.3 is 4.90 Å². The molecule has 6 heteroatoms. The molecule has 0 aliphatic rings. The molecule has 0 N–H and O–H groups in total. The van der Waals surface area contributed by atoms with Crippen molar-refractivity contribution in [3.8, 4) is 0 Å². The summed E-state index contributed by atoms with van der Waals surface area (Å²) < 4.78 is 1.62. The lowest BCUT2D eigenvalue weighted by Crippen LogP contribution is -2.26. The van der Waals surface area contributed by atoms with Gasteiger partial charge in [-0.05, 0) is 6.07 Å². The van der Waals surface area contributed by atoms with Crippen LogP contribution in [0.1, 0.15) is 0 Å². The first-order valence-electron chi connectivity index (χ1n) is 4.76. The Balaban J connectivity index is 2.39. The Kier molecular flexibility index (Phi) is 2.78. The van der Waals surface area contributed by atoms with Crippen LogP contribution in [-0.4, -0.2) is 39.7 Å². The third-order valence-corrected chi connectivity index (χ3v) is 2.61. The van der Waals surface area contributed by atoms with Crippen molar-refractivity contribution in [2.45, 2.75) is 6.54 Å². The van der Waals surface area contributed by atoms with Gasteiger partial charge in [0.05, 0.1) is 17.1 Å². The third-order valence-electron chi connectivity index (χ3n) is 2.31. The fourth-order valence-electron chi connectivity index (χ4n) is 1.37. The number of fused-ring (bicyclic) bond motifs is 1. The topological polar surface area (TPSA) is 51.0 Å². The Morgan fingerprint density at radius 2 is 2.31 bits per heavy atom. The molecule has 0 saturated carbocycles. The molecule has 0 radical (unpaired) electrons. The second-order valence-electron chi connectivity index (χ2n) is 3.62. The maximum Gasteiger partial charge on any atom is 0.243 e. The van der Waals surface area contributed by atoms with Crippen LogP contribution < -0.4 is 0 Å². The van der Waals surface area contributed by atoms with Gasteiger partial charge in [0.25, 0.3) is 0 Å². The van der Waals surface area contributed by atoms with E-state index in [0.29, 0.717) is 5.15 Å². The lowest BCUT2D eigenvalue weighted by Gasteiger charge is -2.10. The zero-order chi connectivity index (χ0) is 11.7. The molecule has 5 nitrogen and oxygen atoms in total. The number of carbonyl (C=O) groups is 1. The van der Waals surface area contributed by atoms with Crippen molar-refractivity contribution < 1.29 is 4.79 Å². The van der Waals surface area contributed by atoms with Crippen LogP contribution in [0.2, 0.25) is 5.15 Å². The number of hydrogen-bond acceptors (Lipinski definition) is 3. The Morgan fingerprint density at radius 3 is 3.00 bits per heavy atom. The smallest absolute Gasteiger partial charge is 0.243 e. The fraction of sp³-hybridized carbons (Fsp3) is 0.300. The van der Waals surface area contributed by atoms with E-state index in [9.17, 15) is 4.79 Å². The maximum atomic E-state index is 11.6. The molecule has 2 aromatic rings. The van der Waals surface area contributed by atoms with Crippen LogP contribution in [0.3, 0.4) is 0 Å². The first-order valence-corrected chi connectivity index (χ1v) is 5.13. The lowest BCUT2D eigenvalue weighted by atomic mass is 10.3. The van der Waals surface area contributed by atoms with Gasteiger partial charge >= 0.3 is 0 Å². The summed E-state index contributed by atoms with van der Waals surface area (Å²) in [6.07, 6.45) is 3.22. The molecular weight excluding hydrogens is 228 g/mol. The molecule has 0 saturated heterocycles. The number of pyridine rings is 1. The van der Waals surface area contributed by atoms with Gasteiger partial charge in [0.1, 0.15) is 11.7 Å². The highest BCUT2D eigenvalue weighted by molar-refractivity contribution is 6.34. The molecule has 16 heavy (non-hydrogen) atoms. The van der Waals surface area contributed by atoms with Crippen molar-refractivity contribution in [2.75, 3.05) is 14.1 Å². The molecule has 0 bridgehead atoms. The molecule has 0 spiro atoms. The minimum atomic E-state index is -0.0158. The summed E-state index contributed by atoms with van der Waals surface area (Å²) in [5.74, 6) is -0.0158. The van der Waals surface area contributed by atoms with E-state index in [1.54, 1.807) is 37.2 Å². The first-order chi connectivity index (χ1) is 7.59. The highest BCUT2D eigenvalue weighted by Gasteiger charge is 2.10. The number of carbonyl (C=O) groups excluding carboxylic acids is 1. The minimum Gasteiger partial charge on any atom is -0.347 e. The van der Waals surface area contributed by atoms with Gasteiger partial charge in [0, 0.05) is 20.3 Å². The van der Waals surface area contributed by atoms with Crippen LogP contribution in [0.4, 0.5) is 0 Å². The second-order valence-corrected chi connectivity index (χ2v) is 3.98. The van der Waals surface area contributed by atoms with Crippen LogP contribution in [0, 0.1) is 0 Å². The van der Waals surface area contributed by atoms with Gasteiger partial charge in [-0.25, -0.2) is 4.98 Å². The minimum absolute atomic E-state index is 0.0158. The Hall–Kier alpha value is -1.62. The molecule has 2 rings (SSSR count). The molecule has 2 heterocycles. The number of halogens is 1. The zero-order valence-electron chi connectivity index (χ0n) is 9.01. The number of likely N-dealkylation sites (N-methyl/N-ethyl adjacent to an activating group) is 1. The fourth-order valence-corrected chi connectivity index (χ4v) is 1.57. The maximum absolute atomic E-state index is 11.6. The summed E-state index contributed by atoms with van der Waals surface area (Å²) in [7, 11) is 3.42. The van der Waals surface area contributed by atoms with Crippen molar-refractivity contribution >= 4 is 28.4 Å². The summed E-state index contributed by atoms with van der Waals surface area (Å²) >= 11 is 5.91. The molecule has 84 valence electrons. The van der Waals surface area contributed by atoms with E-state index in [1.165, 1.54) is 4.90 Å². The van der Waals surface area contributed by atoms with Crippen LogP contribution >= 0.6 is 11.6 Å². The van der Waals surface area contributed by atoms with E-state index in [2.05, 4.69) is 10.1 Å². The molecule has 0 aromatic carbocycles. The summed E-state index contributed by atoms with van der Waals surface area (Å²) in [5.41, 5.74) is 0.815. The quantitative estimate of drug-likeness (QED) is 0.738. The van der Waals surface area contributed by atoms with Crippen molar-refractivity contribution in [3.63, 3.8) is 0 Å². The molecule has 0 aliphatic carbocycles. The van der Waals surface area contributed by atoms with Crippen molar-refractivity contribution in [2.24, 2.45) is 0 Å². The number of nitrogens with zero attached hydrogens (tertiary/aromatic N) is 4. The molecule has 0 aliphatic heterocycles. The van der Waals surface area contributed by atoms with Gasteiger partial charge in [-0.2, -0.15) is 5.10 Å². The summed E-state index contributed by atoms with van der Waals surface area (Å²) in [4.78, 5) is 17.0. The third kappa shape index (κ3) is 1.86. The van der Waals surface area contributed by atoms with Crippen LogP contribution in [0.5, 0.6) is 0 Å². The second kappa shape index (κ2) is 4.09.